The Morgan fingerprint density at radius 3 is 2.50 bits per heavy atom. The maximum atomic E-state index is 11.9. The Kier molecular flexibility index (Phi) is 5.28. The summed E-state index contributed by atoms with van der Waals surface area (Å²) in [5, 5.41) is 0. The van der Waals surface area contributed by atoms with Crippen molar-refractivity contribution in [3.05, 3.63) is 0 Å². The summed E-state index contributed by atoms with van der Waals surface area (Å²) in [4.78, 5) is 23.6. The monoisotopic (exact) mass is 258 g/mol. The van der Waals surface area contributed by atoms with Crippen LogP contribution in [0.3, 0.4) is 0 Å². The van der Waals surface area contributed by atoms with Gasteiger partial charge in [-0.1, -0.05) is 13.8 Å². The van der Waals surface area contributed by atoms with E-state index in [1.807, 2.05) is 6.92 Å². The van der Waals surface area contributed by atoms with E-state index in [9.17, 15) is 9.59 Å². The first kappa shape index (κ1) is 15.1. The van der Waals surface area contributed by atoms with Gasteiger partial charge in [0.2, 0.25) is 6.29 Å². The first-order chi connectivity index (χ1) is 8.39. The van der Waals surface area contributed by atoms with E-state index < -0.39 is 24.0 Å². The number of hydrogen-bond acceptors (Lipinski definition) is 5. The molecule has 0 saturated carbocycles. The molecule has 1 aliphatic rings. The van der Waals surface area contributed by atoms with Gasteiger partial charge >= 0.3 is 5.97 Å². The minimum absolute atomic E-state index is 0.0665. The number of rotatable bonds is 6. The van der Waals surface area contributed by atoms with Gasteiger partial charge in [0.1, 0.15) is 18.3 Å². The zero-order valence-electron chi connectivity index (χ0n) is 11.5. The molecule has 0 radical (unpaired) electrons. The third-order valence-electron chi connectivity index (χ3n) is 2.81. The van der Waals surface area contributed by atoms with Gasteiger partial charge in [0.25, 0.3) is 0 Å². The molecule has 1 saturated heterocycles. The van der Waals surface area contributed by atoms with Crippen LogP contribution in [0.2, 0.25) is 0 Å². The Labute approximate surface area is 108 Å². The minimum Gasteiger partial charge on any atom is -0.433 e. The quantitative estimate of drug-likeness (QED) is 0.539. The molecule has 2 atom stereocenters. The number of ketones is 1. The Hall–Kier alpha value is -0.940. The Bertz CT molecular complexity index is 311. The van der Waals surface area contributed by atoms with E-state index in [0.717, 1.165) is 6.42 Å². The van der Waals surface area contributed by atoms with Gasteiger partial charge in [-0.15, -0.1) is 0 Å². The summed E-state index contributed by atoms with van der Waals surface area (Å²) >= 11 is 0. The standard InChI is InChI=1S/C13H22O5/c1-5-7-10(14)9(6-2)12(15)17-11-8-16-13(3,4)18-11/h9,11H,5-8H2,1-4H3. The van der Waals surface area contributed by atoms with Crippen molar-refractivity contribution in [1.82, 2.24) is 0 Å². The zero-order chi connectivity index (χ0) is 13.8. The highest BCUT2D eigenvalue weighted by Crippen LogP contribution is 2.24. The number of hydrogen-bond donors (Lipinski definition) is 0. The fourth-order valence-corrected chi connectivity index (χ4v) is 1.87. The molecular formula is C13H22O5. The molecule has 5 nitrogen and oxygen atoms in total. The minimum atomic E-state index is -0.736. The van der Waals surface area contributed by atoms with Crippen molar-refractivity contribution >= 4 is 11.8 Å². The van der Waals surface area contributed by atoms with Crippen LogP contribution >= 0.6 is 0 Å². The molecule has 18 heavy (non-hydrogen) atoms. The van der Waals surface area contributed by atoms with Crippen LogP contribution in [0.1, 0.15) is 47.0 Å². The number of ether oxygens (including phenoxy) is 3. The van der Waals surface area contributed by atoms with Crippen LogP contribution in [0, 0.1) is 5.92 Å². The largest absolute Gasteiger partial charge is 0.433 e. The number of carbonyl (C=O) groups is 2. The van der Waals surface area contributed by atoms with Gasteiger partial charge in [-0.25, -0.2) is 0 Å². The molecule has 1 fully saturated rings. The average molecular weight is 258 g/mol. The molecule has 1 heterocycles. The molecule has 2 unspecified atom stereocenters. The van der Waals surface area contributed by atoms with Crippen LogP contribution in [0.5, 0.6) is 0 Å². The third-order valence-corrected chi connectivity index (χ3v) is 2.81. The van der Waals surface area contributed by atoms with E-state index in [1.54, 1.807) is 20.8 Å². The number of carbonyl (C=O) groups excluding carboxylic acids is 2. The van der Waals surface area contributed by atoms with E-state index in [1.165, 1.54) is 0 Å². The number of esters is 1. The van der Waals surface area contributed by atoms with E-state index in [0.29, 0.717) is 12.8 Å². The van der Waals surface area contributed by atoms with Gasteiger partial charge in [-0.2, -0.15) is 0 Å². The highest BCUT2D eigenvalue weighted by Gasteiger charge is 2.37. The van der Waals surface area contributed by atoms with Gasteiger partial charge in [-0.05, 0) is 26.7 Å². The van der Waals surface area contributed by atoms with Crippen molar-refractivity contribution in [2.24, 2.45) is 5.92 Å². The van der Waals surface area contributed by atoms with Crippen LogP contribution < -0.4 is 0 Å². The van der Waals surface area contributed by atoms with Crippen LogP contribution in [-0.4, -0.2) is 30.4 Å². The van der Waals surface area contributed by atoms with Crippen LogP contribution in [0.4, 0.5) is 0 Å². The fraction of sp³-hybridized carbons (Fsp3) is 0.846. The summed E-state index contributed by atoms with van der Waals surface area (Å²) in [6.07, 6.45) is 0.880. The molecule has 1 rings (SSSR count). The normalized spacial score (nSPS) is 23.7. The highest BCUT2D eigenvalue weighted by atomic mass is 16.8. The van der Waals surface area contributed by atoms with Crippen LogP contribution in [-0.2, 0) is 23.8 Å². The Morgan fingerprint density at radius 1 is 1.39 bits per heavy atom. The van der Waals surface area contributed by atoms with Crippen LogP contribution in [0.15, 0.2) is 0 Å². The van der Waals surface area contributed by atoms with Crippen molar-refractivity contribution in [2.75, 3.05) is 6.61 Å². The summed E-state index contributed by atoms with van der Waals surface area (Å²) in [7, 11) is 0. The van der Waals surface area contributed by atoms with Gasteiger partial charge in [-0.3, -0.25) is 9.59 Å². The maximum absolute atomic E-state index is 11.9. The molecule has 0 N–H and O–H groups in total. The summed E-state index contributed by atoms with van der Waals surface area (Å²) in [5.74, 6) is -2.00. The van der Waals surface area contributed by atoms with Gasteiger partial charge in [0.15, 0.2) is 5.79 Å². The van der Waals surface area contributed by atoms with Crippen LogP contribution in [0.25, 0.3) is 0 Å². The Morgan fingerprint density at radius 2 is 2.06 bits per heavy atom. The summed E-state index contributed by atoms with van der Waals surface area (Å²) < 4.78 is 15.8. The van der Waals surface area contributed by atoms with Crippen molar-refractivity contribution in [3.8, 4) is 0 Å². The first-order valence-electron chi connectivity index (χ1n) is 6.44. The summed E-state index contributed by atoms with van der Waals surface area (Å²) in [5.41, 5.74) is 0. The molecule has 0 aliphatic carbocycles. The average Bonchev–Trinajstić information content (AvgIpc) is 2.59. The molecule has 1 aliphatic heterocycles. The maximum Gasteiger partial charge on any atom is 0.318 e. The molecule has 0 aromatic heterocycles. The molecule has 0 aromatic rings. The summed E-state index contributed by atoms with van der Waals surface area (Å²) in [6, 6.07) is 0. The molecule has 104 valence electrons. The molecule has 0 bridgehead atoms. The van der Waals surface area contributed by atoms with E-state index >= 15 is 0 Å². The fourth-order valence-electron chi connectivity index (χ4n) is 1.87. The van der Waals surface area contributed by atoms with Crippen molar-refractivity contribution in [2.45, 2.75) is 59.0 Å². The van der Waals surface area contributed by atoms with Crippen molar-refractivity contribution in [3.63, 3.8) is 0 Å². The smallest absolute Gasteiger partial charge is 0.318 e. The molecule has 0 spiro atoms. The molecule has 0 amide bonds. The number of Topliss-reactive ketones (excluding diaryl/α,β-unsaturated/α-hetero) is 1. The first-order valence-corrected chi connectivity index (χ1v) is 6.44. The predicted octanol–water partition coefficient (Wildman–Crippen LogP) is 2.03. The molecule has 5 heteroatoms. The second-order valence-corrected chi connectivity index (χ2v) is 4.87. The lowest BCUT2D eigenvalue weighted by Crippen LogP contribution is -2.31. The van der Waals surface area contributed by atoms with E-state index in [-0.39, 0.29) is 12.4 Å². The Balaban J connectivity index is 2.50. The molecule has 0 aromatic carbocycles. The third kappa shape index (κ3) is 4.07. The van der Waals surface area contributed by atoms with Crippen molar-refractivity contribution < 1.29 is 23.8 Å². The van der Waals surface area contributed by atoms with Gasteiger partial charge < -0.3 is 14.2 Å². The highest BCUT2D eigenvalue weighted by molar-refractivity contribution is 5.98. The van der Waals surface area contributed by atoms with Crippen molar-refractivity contribution in [1.29, 1.82) is 0 Å². The second-order valence-electron chi connectivity index (χ2n) is 4.87. The lowest BCUT2D eigenvalue weighted by molar-refractivity contribution is -0.200. The SMILES string of the molecule is CCCC(=O)C(CC)C(=O)OC1COC(C)(C)O1. The lowest BCUT2D eigenvalue weighted by atomic mass is 9.98. The van der Waals surface area contributed by atoms with Gasteiger partial charge in [0.05, 0.1) is 0 Å². The zero-order valence-corrected chi connectivity index (χ0v) is 11.5. The molecular weight excluding hydrogens is 236 g/mol. The van der Waals surface area contributed by atoms with E-state index in [2.05, 4.69) is 0 Å². The predicted molar refractivity (Wildman–Crippen MR) is 64.7 cm³/mol. The topological polar surface area (TPSA) is 61.8 Å². The second kappa shape index (κ2) is 6.29. The van der Waals surface area contributed by atoms with E-state index in [4.69, 9.17) is 14.2 Å². The summed E-state index contributed by atoms with van der Waals surface area (Å²) in [6.45, 7) is 7.42. The van der Waals surface area contributed by atoms with Gasteiger partial charge in [0, 0.05) is 6.42 Å². The lowest BCUT2D eigenvalue weighted by Gasteiger charge is -2.18.